The highest BCUT2D eigenvalue weighted by Crippen LogP contribution is 2.24. The summed E-state index contributed by atoms with van der Waals surface area (Å²) < 4.78 is 0. The Kier molecular flexibility index (Phi) is 3.19. The molecule has 0 aliphatic heterocycles. The van der Waals surface area contributed by atoms with Gasteiger partial charge in [-0.05, 0) is 55.3 Å². The Morgan fingerprint density at radius 3 is 2.29 bits per heavy atom. The molecule has 2 aromatic carbocycles. The minimum Gasteiger partial charge on any atom is -0.399 e. The summed E-state index contributed by atoms with van der Waals surface area (Å²) in [7, 11) is 0. The van der Waals surface area contributed by atoms with Gasteiger partial charge in [0.2, 0.25) is 0 Å². The molecule has 17 heavy (non-hydrogen) atoms. The molecule has 0 aliphatic rings. The van der Waals surface area contributed by atoms with Gasteiger partial charge in [0.15, 0.2) is 0 Å². The summed E-state index contributed by atoms with van der Waals surface area (Å²) in [6.07, 6.45) is 0. The molecule has 86 valence electrons. The maximum Gasteiger partial charge on any atom is 0.0888 e. The number of aryl methyl sites for hydroxylation is 1. The highest BCUT2D eigenvalue weighted by atomic mass is 15.1. The normalized spacial score (nSPS) is 10.9. The quantitative estimate of drug-likeness (QED) is 0.601. The molecule has 3 heteroatoms. The average molecular weight is 225 g/mol. The van der Waals surface area contributed by atoms with Crippen LogP contribution < -0.4 is 5.73 Å². The first kappa shape index (κ1) is 11.3. The largest absolute Gasteiger partial charge is 0.399 e. The zero-order valence-corrected chi connectivity index (χ0v) is 10.0. The summed E-state index contributed by atoms with van der Waals surface area (Å²) in [5.41, 5.74) is 10.4. The summed E-state index contributed by atoms with van der Waals surface area (Å²) in [5, 5.41) is 8.44. The lowest BCUT2D eigenvalue weighted by Gasteiger charge is -2.02. The number of benzene rings is 2. The molecule has 0 spiro atoms. The van der Waals surface area contributed by atoms with Gasteiger partial charge in [-0.25, -0.2) is 0 Å². The lowest BCUT2D eigenvalue weighted by Crippen LogP contribution is -1.81. The molecule has 2 N–H and O–H groups in total. The number of nitrogen functional groups attached to an aromatic ring is 1. The molecule has 0 heterocycles. The van der Waals surface area contributed by atoms with Crippen molar-refractivity contribution in [1.29, 1.82) is 0 Å². The van der Waals surface area contributed by atoms with Gasteiger partial charge in [0.05, 0.1) is 11.4 Å². The van der Waals surface area contributed by atoms with E-state index in [0.717, 1.165) is 22.6 Å². The first-order chi connectivity index (χ1) is 8.16. The zero-order chi connectivity index (χ0) is 12.3. The first-order valence-electron chi connectivity index (χ1n) is 5.50. The van der Waals surface area contributed by atoms with E-state index in [9.17, 15) is 0 Å². The van der Waals surface area contributed by atoms with E-state index in [2.05, 4.69) is 23.2 Å². The van der Waals surface area contributed by atoms with Crippen LogP contribution in [0.5, 0.6) is 0 Å². The van der Waals surface area contributed by atoms with Crippen molar-refractivity contribution in [3.8, 4) is 0 Å². The van der Waals surface area contributed by atoms with Crippen molar-refractivity contribution in [3.05, 3.63) is 53.6 Å². The van der Waals surface area contributed by atoms with Gasteiger partial charge in [-0.1, -0.05) is 12.1 Å². The monoisotopic (exact) mass is 225 g/mol. The van der Waals surface area contributed by atoms with Gasteiger partial charge >= 0.3 is 0 Å². The number of rotatable bonds is 2. The fraction of sp³-hybridized carbons (Fsp3) is 0.143. The second-order valence-corrected chi connectivity index (χ2v) is 4.01. The van der Waals surface area contributed by atoms with Crippen LogP contribution in [0.3, 0.4) is 0 Å². The van der Waals surface area contributed by atoms with E-state index < -0.39 is 0 Å². The second kappa shape index (κ2) is 4.78. The van der Waals surface area contributed by atoms with Gasteiger partial charge in [-0.2, -0.15) is 10.2 Å². The van der Waals surface area contributed by atoms with Gasteiger partial charge in [-0.15, -0.1) is 0 Å². The maximum atomic E-state index is 5.61. The number of hydrogen-bond donors (Lipinski definition) is 1. The summed E-state index contributed by atoms with van der Waals surface area (Å²) in [5.74, 6) is 0. The van der Waals surface area contributed by atoms with Crippen LogP contribution in [-0.4, -0.2) is 0 Å². The van der Waals surface area contributed by atoms with Crippen molar-refractivity contribution in [2.75, 3.05) is 5.73 Å². The van der Waals surface area contributed by atoms with Crippen molar-refractivity contribution in [2.24, 2.45) is 10.2 Å². The third-order valence-corrected chi connectivity index (χ3v) is 2.74. The van der Waals surface area contributed by atoms with Crippen LogP contribution in [0, 0.1) is 13.8 Å². The van der Waals surface area contributed by atoms with E-state index in [0.29, 0.717) is 0 Å². The average Bonchev–Trinajstić information content (AvgIpc) is 2.33. The molecule has 3 nitrogen and oxygen atoms in total. The van der Waals surface area contributed by atoms with Gasteiger partial charge < -0.3 is 5.73 Å². The summed E-state index contributed by atoms with van der Waals surface area (Å²) in [6.45, 7) is 4.12. The smallest absolute Gasteiger partial charge is 0.0888 e. The van der Waals surface area contributed by atoms with E-state index in [-0.39, 0.29) is 0 Å². The molecule has 2 rings (SSSR count). The molecular formula is C14H15N3. The molecule has 0 atom stereocenters. The van der Waals surface area contributed by atoms with Crippen molar-refractivity contribution in [2.45, 2.75) is 13.8 Å². The molecule has 2 aromatic rings. The Hall–Kier alpha value is -2.16. The minimum atomic E-state index is 0.732. The van der Waals surface area contributed by atoms with E-state index in [1.54, 1.807) is 0 Å². The molecule has 0 bridgehead atoms. The van der Waals surface area contributed by atoms with Crippen LogP contribution >= 0.6 is 0 Å². The molecule has 0 radical (unpaired) electrons. The number of hydrogen-bond acceptors (Lipinski definition) is 3. The second-order valence-electron chi connectivity index (χ2n) is 4.01. The van der Waals surface area contributed by atoms with E-state index >= 15 is 0 Å². The molecule has 0 saturated heterocycles. The van der Waals surface area contributed by atoms with Crippen molar-refractivity contribution in [3.63, 3.8) is 0 Å². The Morgan fingerprint density at radius 1 is 0.882 bits per heavy atom. The third-order valence-electron chi connectivity index (χ3n) is 2.74. The van der Waals surface area contributed by atoms with Crippen molar-refractivity contribution < 1.29 is 0 Å². The molecular weight excluding hydrogens is 210 g/mol. The fourth-order valence-electron chi connectivity index (χ4n) is 1.50. The molecule has 0 aliphatic carbocycles. The number of nitrogens with zero attached hydrogens (tertiary/aromatic N) is 2. The Bertz CT molecular complexity index is 542. The molecule has 0 aromatic heterocycles. The first-order valence-corrected chi connectivity index (χ1v) is 5.50. The van der Waals surface area contributed by atoms with Crippen LogP contribution in [0.25, 0.3) is 0 Å². The maximum absolute atomic E-state index is 5.61. The van der Waals surface area contributed by atoms with Crippen molar-refractivity contribution in [1.82, 2.24) is 0 Å². The Balaban J connectivity index is 2.26. The van der Waals surface area contributed by atoms with E-state index in [1.807, 2.05) is 43.3 Å². The molecule has 0 unspecified atom stereocenters. The highest BCUT2D eigenvalue weighted by Gasteiger charge is 1.98. The lowest BCUT2D eigenvalue weighted by molar-refractivity contribution is 1.19. The molecule has 0 fully saturated rings. The lowest BCUT2D eigenvalue weighted by atomic mass is 10.1. The number of nitrogens with two attached hydrogens (primary N) is 1. The molecule has 0 amide bonds. The van der Waals surface area contributed by atoms with Crippen LogP contribution in [0.2, 0.25) is 0 Å². The minimum absolute atomic E-state index is 0.732. The highest BCUT2D eigenvalue weighted by molar-refractivity contribution is 5.50. The van der Waals surface area contributed by atoms with E-state index in [4.69, 9.17) is 5.73 Å². The van der Waals surface area contributed by atoms with Crippen LogP contribution in [0.1, 0.15) is 11.1 Å². The third kappa shape index (κ3) is 2.69. The van der Waals surface area contributed by atoms with Gasteiger partial charge in [-0.3, -0.25) is 0 Å². The summed E-state index contributed by atoms with van der Waals surface area (Å²) >= 11 is 0. The summed E-state index contributed by atoms with van der Waals surface area (Å²) in [6, 6.07) is 13.4. The molecule has 0 saturated carbocycles. The summed E-state index contributed by atoms with van der Waals surface area (Å²) in [4.78, 5) is 0. The van der Waals surface area contributed by atoms with Gasteiger partial charge in [0.25, 0.3) is 0 Å². The van der Waals surface area contributed by atoms with Gasteiger partial charge in [0, 0.05) is 5.69 Å². The number of anilines is 1. The Labute approximate surface area is 101 Å². The SMILES string of the molecule is Cc1cccc(N=Nc2ccc(N)cc2)c1C. The zero-order valence-electron chi connectivity index (χ0n) is 10.0. The predicted molar refractivity (Wildman–Crippen MR) is 70.9 cm³/mol. The number of azo groups is 1. The predicted octanol–water partition coefficient (Wildman–Crippen LogP) is 4.30. The van der Waals surface area contributed by atoms with Crippen LogP contribution in [0.15, 0.2) is 52.7 Å². The fourth-order valence-corrected chi connectivity index (χ4v) is 1.50. The standard InChI is InChI=1S/C14H15N3/c1-10-4-3-5-14(11(10)2)17-16-13-8-6-12(15)7-9-13/h3-9H,15H2,1-2H3. The van der Waals surface area contributed by atoms with Gasteiger partial charge in [0.1, 0.15) is 0 Å². The Morgan fingerprint density at radius 2 is 1.59 bits per heavy atom. The van der Waals surface area contributed by atoms with E-state index in [1.165, 1.54) is 5.56 Å². The van der Waals surface area contributed by atoms with Crippen LogP contribution in [-0.2, 0) is 0 Å². The van der Waals surface area contributed by atoms with Crippen LogP contribution in [0.4, 0.5) is 17.1 Å². The topological polar surface area (TPSA) is 50.7 Å². The van der Waals surface area contributed by atoms with Crippen molar-refractivity contribution >= 4 is 17.1 Å².